The van der Waals surface area contributed by atoms with Gasteiger partial charge in [-0.25, -0.2) is 19.9 Å². The number of nitriles is 2. The van der Waals surface area contributed by atoms with E-state index in [0.29, 0.717) is 22.8 Å². The smallest absolute Gasteiger partial charge is 0.161 e. The average molecular weight is 562 g/mol. The highest BCUT2D eigenvalue weighted by Crippen LogP contribution is 2.45. The van der Waals surface area contributed by atoms with E-state index >= 15 is 0 Å². The third kappa shape index (κ3) is 4.08. The van der Waals surface area contributed by atoms with Gasteiger partial charge in [0.1, 0.15) is 12.1 Å². The Labute approximate surface area is 251 Å². The number of benzene rings is 3. The van der Waals surface area contributed by atoms with Gasteiger partial charge in [-0.05, 0) is 118 Å². The van der Waals surface area contributed by atoms with Gasteiger partial charge in [-0.2, -0.15) is 10.5 Å². The highest BCUT2D eigenvalue weighted by Gasteiger charge is 2.26. The van der Waals surface area contributed by atoms with E-state index < -0.39 is 0 Å². The van der Waals surface area contributed by atoms with Gasteiger partial charge in [0.05, 0.1) is 27.8 Å². The van der Waals surface area contributed by atoms with Crippen molar-refractivity contribution in [3.05, 3.63) is 98.6 Å². The van der Waals surface area contributed by atoms with E-state index in [0.717, 1.165) is 16.8 Å². The van der Waals surface area contributed by atoms with Crippen molar-refractivity contribution in [2.24, 2.45) is 0 Å². The summed E-state index contributed by atoms with van der Waals surface area (Å²) in [6, 6.07) is 10.3. The average Bonchev–Trinajstić information content (AvgIpc) is 3.40. The highest BCUT2D eigenvalue weighted by atomic mass is 15.0. The minimum atomic E-state index is 0.392. The van der Waals surface area contributed by atoms with Crippen LogP contribution < -0.4 is 0 Å². The lowest BCUT2D eigenvalue weighted by atomic mass is 9.90. The second-order valence-electron chi connectivity index (χ2n) is 11.3. The predicted molar refractivity (Wildman–Crippen MR) is 170 cm³/mol. The minimum Gasteiger partial charge on any atom is -0.308 e. The first-order valence-electron chi connectivity index (χ1n) is 14.2. The molecule has 3 heterocycles. The second kappa shape index (κ2) is 10.2. The van der Waals surface area contributed by atoms with Crippen LogP contribution in [-0.2, 0) is 0 Å². The van der Waals surface area contributed by atoms with Crippen molar-refractivity contribution in [2.45, 2.75) is 55.4 Å². The lowest BCUT2D eigenvalue weighted by Gasteiger charge is -2.19. The first kappa shape index (κ1) is 27.8. The molecular weight excluding hydrogens is 530 g/mol. The molecule has 0 saturated carbocycles. The molecule has 0 amide bonds. The summed E-state index contributed by atoms with van der Waals surface area (Å²) in [5.74, 6) is 0.996. The van der Waals surface area contributed by atoms with Crippen LogP contribution in [0.4, 0.5) is 0 Å². The highest BCUT2D eigenvalue weighted by molar-refractivity contribution is 6.16. The number of nitrogens with zero attached hydrogens (tertiary/aromatic N) is 7. The number of fused-ring (bicyclic) bond motifs is 3. The van der Waals surface area contributed by atoms with Crippen LogP contribution in [0.1, 0.15) is 55.6 Å². The van der Waals surface area contributed by atoms with Gasteiger partial charge in [-0.1, -0.05) is 0 Å². The van der Waals surface area contributed by atoms with Crippen molar-refractivity contribution < 1.29 is 0 Å². The van der Waals surface area contributed by atoms with Crippen LogP contribution in [0.5, 0.6) is 0 Å². The molecule has 0 N–H and O–H groups in total. The third-order valence-corrected chi connectivity index (χ3v) is 9.30. The van der Waals surface area contributed by atoms with Crippen LogP contribution >= 0.6 is 0 Å². The van der Waals surface area contributed by atoms with Crippen molar-refractivity contribution in [1.82, 2.24) is 24.5 Å². The van der Waals surface area contributed by atoms with Gasteiger partial charge in [0.15, 0.2) is 11.6 Å². The Hall–Kier alpha value is -5.40. The number of rotatable bonds is 3. The van der Waals surface area contributed by atoms with E-state index in [1.54, 1.807) is 12.4 Å². The van der Waals surface area contributed by atoms with E-state index in [-0.39, 0.29) is 0 Å². The van der Waals surface area contributed by atoms with E-state index in [9.17, 15) is 10.5 Å². The second-order valence-corrected chi connectivity index (χ2v) is 11.3. The molecule has 6 aromatic rings. The van der Waals surface area contributed by atoms with Crippen LogP contribution in [0.25, 0.3) is 50.3 Å². The van der Waals surface area contributed by atoms with Crippen LogP contribution in [0, 0.1) is 78.1 Å². The molecule has 0 aliphatic heterocycles. The quantitative estimate of drug-likeness (QED) is 0.217. The fourth-order valence-corrected chi connectivity index (χ4v) is 6.22. The van der Waals surface area contributed by atoms with Gasteiger partial charge in [-0.3, -0.25) is 0 Å². The molecule has 0 aliphatic carbocycles. The minimum absolute atomic E-state index is 0.392. The van der Waals surface area contributed by atoms with E-state index in [1.807, 2.05) is 12.1 Å². The summed E-state index contributed by atoms with van der Waals surface area (Å²) in [6.07, 6.45) is 6.15. The van der Waals surface area contributed by atoms with Crippen molar-refractivity contribution in [1.29, 1.82) is 10.5 Å². The molecule has 3 aromatic carbocycles. The zero-order valence-corrected chi connectivity index (χ0v) is 25.7. The molecule has 6 rings (SSSR count). The molecule has 0 radical (unpaired) electrons. The lowest BCUT2D eigenvalue weighted by molar-refractivity contribution is 1.10. The molecule has 7 nitrogen and oxygen atoms in total. The molecule has 0 saturated heterocycles. The molecule has 0 spiro atoms. The van der Waals surface area contributed by atoms with Crippen molar-refractivity contribution in [2.75, 3.05) is 0 Å². The number of aryl methyl sites for hydroxylation is 4. The molecule has 3 aromatic heterocycles. The first-order chi connectivity index (χ1) is 20.6. The Morgan fingerprint density at radius 2 is 0.953 bits per heavy atom. The number of hydrogen-bond acceptors (Lipinski definition) is 6. The maximum Gasteiger partial charge on any atom is 0.161 e. The van der Waals surface area contributed by atoms with Crippen LogP contribution in [-0.4, -0.2) is 24.5 Å². The van der Waals surface area contributed by atoms with Gasteiger partial charge in [0.2, 0.25) is 0 Å². The summed E-state index contributed by atoms with van der Waals surface area (Å²) >= 11 is 0. The Balaban J connectivity index is 1.81. The summed E-state index contributed by atoms with van der Waals surface area (Å²) in [4.78, 5) is 18.1. The summed E-state index contributed by atoms with van der Waals surface area (Å²) in [6.45, 7) is 17.7. The van der Waals surface area contributed by atoms with Gasteiger partial charge in [0, 0.05) is 46.7 Å². The fourth-order valence-electron chi connectivity index (χ4n) is 6.22. The zero-order valence-electron chi connectivity index (χ0n) is 25.7. The molecular formula is C36H31N7. The van der Waals surface area contributed by atoms with Crippen molar-refractivity contribution in [3.63, 3.8) is 0 Å². The zero-order chi connectivity index (χ0) is 30.7. The van der Waals surface area contributed by atoms with Gasteiger partial charge < -0.3 is 4.57 Å². The summed E-state index contributed by atoms with van der Waals surface area (Å²) in [7, 11) is 0. The number of aromatic nitrogens is 5. The topological polar surface area (TPSA) is 104 Å². The predicted octanol–water partition coefficient (Wildman–Crippen LogP) is 7.91. The first-order valence-corrected chi connectivity index (χ1v) is 14.2. The Bertz CT molecular complexity index is 2130. The molecule has 0 bridgehead atoms. The molecule has 0 aliphatic rings. The molecule has 7 heteroatoms. The van der Waals surface area contributed by atoms with Crippen molar-refractivity contribution >= 4 is 21.8 Å². The van der Waals surface area contributed by atoms with Gasteiger partial charge in [-0.15, -0.1) is 0 Å². The summed E-state index contributed by atoms with van der Waals surface area (Å²) < 4.78 is 2.38. The maximum atomic E-state index is 9.41. The van der Waals surface area contributed by atoms with Crippen molar-refractivity contribution in [3.8, 4) is 40.6 Å². The van der Waals surface area contributed by atoms with Crippen LogP contribution in [0.2, 0.25) is 0 Å². The fraction of sp³-hybridized carbons (Fsp3) is 0.222. The van der Waals surface area contributed by atoms with E-state index in [2.05, 4.69) is 98.1 Å². The van der Waals surface area contributed by atoms with Gasteiger partial charge in [0.25, 0.3) is 0 Å². The van der Waals surface area contributed by atoms with Crippen LogP contribution in [0.3, 0.4) is 0 Å². The molecule has 43 heavy (non-hydrogen) atoms. The SMILES string of the molecule is Cc1c(C)c(C)c2c(c1C)c1c(C)c(C)c(C)c(C)c1n2-c1ccc(-c2ncc(C#N)cn2)cc1-c1ncc(C#N)cn1. The lowest BCUT2D eigenvalue weighted by Crippen LogP contribution is -2.04. The maximum absolute atomic E-state index is 9.41. The monoisotopic (exact) mass is 561 g/mol. The largest absolute Gasteiger partial charge is 0.308 e. The Kier molecular flexibility index (Phi) is 6.55. The van der Waals surface area contributed by atoms with Gasteiger partial charge >= 0.3 is 0 Å². The molecule has 0 atom stereocenters. The Morgan fingerprint density at radius 1 is 0.535 bits per heavy atom. The standard InChI is InChI=1S/C36H31N7/c1-18-20(3)24(7)33-31(22(18)5)32-23(6)19(2)21(4)25(8)34(32)43(33)30-10-9-28(35-39-14-26(12-37)15-40-35)11-29(30)36-41-16-27(13-38)17-42-36/h9-11,14-17H,1-8H3. The molecule has 0 fully saturated rings. The summed E-state index contributed by atoms with van der Waals surface area (Å²) in [5, 5.41) is 21.2. The van der Waals surface area contributed by atoms with E-state index in [4.69, 9.17) is 0 Å². The number of hydrogen-bond donors (Lipinski definition) is 0. The Morgan fingerprint density at radius 3 is 1.40 bits per heavy atom. The molecule has 0 unspecified atom stereocenters. The summed E-state index contributed by atoms with van der Waals surface area (Å²) in [5.41, 5.74) is 15.8. The molecule has 210 valence electrons. The van der Waals surface area contributed by atoms with E-state index in [1.165, 1.54) is 78.7 Å². The normalized spacial score (nSPS) is 11.2. The third-order valence-electron chi connectivity index (χ3n) is 9.30. The van der Waals surface area contributed by atoms with Crippen LogP contribution in [0.15, 0.2) is 43.0 Å².